The van der Waals surface area contributed by atoms with Crippen molar-refractivity contribution in [2.24, 2.45) is 0 Å². The highest BCUT2D eigenvalue weighted by atomic mass is 35.5. The van der Waals surface area contributed by atoms with Gasteiger partial charge in [-0.2, -0.15) is 4.58 Å². The van der Waals surface area contributed by atoms with Crippen LogP contribution in [0.1, 0.15) is 19.4 Å². The molecular weight excluding hydrogens is 412 g/mol. The molecule has 6 rings (SSSR count). The summed E-state index contributed by atoms with van der Waals surface area (Å²) in [5, 5.41) is 6.20. The lowest BCUT2D eigenvalue weighted by atomic mass is 9.81. The molecule has 1 heterocycles. The maximum absolute atomic E-state index is 3.58. The zero-order chi connectivity index (χ0) is 21.2. The summed E-state index contributed by atoms with van der Waals surface area (Å²) in [4.78, 5) is 0. The molecule has 1 aliphatic carbocycles. The lowest BCUT2D eigenvalue weighted by Crippen LogP contribution is -3.00. The predicted octanol–water partition coefficient (Wildman–Crippen LogP) is 4.12. The first-order chi connectivity index (χ1) is 15.1. The number of hydrogen-bond donors (Lipinski definition) is 1. The molecule has 0 radical (unpaired) electrons. The van der Waals surface area contributed by atoms with Gasteiger partial charge in [-0.15, -0.1) is 0 Å². The number of nitrogens with one attached hydrogen (secondary N) is 1. The van der Waals surface area contributed by atoms with Crippen LogP contribution in [-0.2, 0) is 5.41 Å². The van der Waals surface area contributed by atoms with Crippen LogP contribution in [0.3, 0.4) is 0 Å². The molecule has 2 nitrogen and oxygen atoms in total. The van der Waals surface area contributed by atoms with E-state index in [1.165, 1.54) is 50.0 Å². The number of hydrogen-bond acceptors (Lipinski definition) is 1. The lowest BCUT2D eigenvalue weighted by Gasteiger charge is -2.15. The second-order valence-electron chi connectivity index (χ2n) is 9.00. The van der Waals surface area contributed by atoms with Gasteiger partial charge in [0.1, 0.15) is 7.05 Å². The summed E-state index contributed by atoms with van der Waals surface area (Å²) in [5.41, 5.74) is 10.4. The van der Waals surface area contributed by atoms with Crippen molar-refractivity contribution in [3.8, 4) is 22.3 Å². The quantitative estimate of drug-likeness (QED) is 0.420. The topological polar surface area (TPSA) is 15.0 Å². The molecule has 0 fully saturated rings. The van der Waals surface area contributed by atoms with E-state index in [-0.39, 0.29) is 17.8 Å². The monoisotopic (exact) mass is 436 g/mol. The molecule has 0 bridgehead atoms. The average Bonchev–Trinajstić information content (AvgIpc) is 3.22. The van der Waals surface area contributed by atoms with Crippen LogP contribution in [0, 0.1) is 0 Å². The summed E-state index contributed by atoms with van der Waals surface area (Å²) in [6, 6.07) is 28.5. The minimum absolute atomic E-state index is 0. The molecule has 32 heavy (non-hydrogen) atoms. The Morgan fingerprint density at radius 3 is 2.16 bits per heavy atom. The van der Waals surface area contributed by atoms with E-state index in [9.17, 15) is 0 Å². The van der Waals surface area contributed by atoms with E-state index in [4.69, 9.17) is 0 Å². The van der Waals surface area contributed by atoms with Crippen molar-refractivity contribution in [3.05, 3.63) is 96.7 Å². The SMILES string of the molecule is C[N+]1=C(/C=C/Nc2ccc3c4c(cccc24)-c2ccccc2-3)C(C)(C)c2ccccc21.[Cl-]. The fourth-order valence-electron chi connectivity index (χ4n) is 5.45. The van der Waals surface area contributed by atoms with Crippen LogP contribution in [-0.4, -0.2) is 17.3 Å². The third-order valence-electron chi connectivity index (χ3n) is 6.97. The zero-order valence-electron chi connectivity index (χ0n) is 18.5. The van der Waals surface area contributed by atoms with Gasteiger partial charge in [0.2, 0.25) is 5.69 Å². The summed E-state index contributed by atoms with van der Waals surface area (Å²) in [5.74, 6) is 0. The van der Waals surface area contributed by atoms with E-state index in [2.05, 4.69) is 122 Å². The fourth-order valence-corrected chi connectivity index (χ4v) is 5.45. The third-order valence-corrected chi connectivity index (χ3v) is 6.97. The number of rotatable bonds is 3. The molecule has 0 saturated carbocycles. The molecule has 3 heteroatoms. The van der Waals surface area contributed by atoms with Crippen molar-refractivity contribution < 1.29 is 17.0 Å². The average molecular weight is 437 g/mol. The van der Waals surface area contributed by atoms with Crippen molar-refractivity contribution in [3.63, 3.8) is 0 Å². The van der Waals surface area contributed by atoms with Crippen LogP contribution in [0.4, 0.5) is 11.4 Å². The minimum atomic E-state index is -0.0207. The van der Waals surface area contributed by atoms with Crippen molar-refractivity contribution in [1.82, 2.24) is 0 Å². The van der Waals surface area contributed by atoms with Crippen LogP contribution >= 0.6 is 0 Å². The first kappa shape index (κ1) is 20.5. The van der Waals surface area contributed by atoms with Crippen molar-refractivity contribution in [2.45, 2.75) is 19.3 Å². The molecule has 1 N–H and O–H groups in total. The lowest BCUT2D eigenvalue weighted by molar-refractivity contribution is -0.401. The Bertz CT molecular complexity index is 1410. The molecule has 0 spiro atoms. The van der Waals surface area contributed by atoms with Gasteiger partial charge in [-0.25, -0.2) is 0 Å². The van der Waals surface area contributed by atoms with E-state index < -0.39 is 0 Å². The van der Waals surface area contributed by atoms with Gasteiger partial charge in [0, 0.05) is 35.0 Å². The standard InChI is InChI=1S/C29H24N2.ClH/c1-29(2)24-13-6-7-14-26(24)31(3)27(29)17-18-30-25-16-15-22-20-10-5-4-9-19(20)21-11-8-12-23(25)28(21)22;/h4-18H,1-3H3;1H. The fraction of sp³-hybridized carbons (Fsp3) is 0.138. The summed E-state index contributed by atoms with van der Waals surface area (Å²) in [6.07, 6.45) is 4.31. The first-order valence-electron chi connectivity index (χ1n) is 10.9. The summed E-state index contributed by atoms with van der Waals surface area (Å²) < 4.78 is 2.30. The predicted molar refractivity (Wildman–Crippen MR) is 131 cm³/mol. The molecule has 0 aromatic heterocycles. The Morgan fingerprint density at radius 1 is 0.750 bits per heavy atom. The van der Waals surface area contributed by atoms with Gasteiger partial charge in [-0.1, -0.05) is 66.7 Å². The Balaban J connectivity index is 0.00000216. The van der Waals surface area contributed by atoms with Crippen LogP contribution in [0.15, 0.2) is 91.1 Å². The molecule has 0 atom stereocenters. The first-order valence-corrected chi connectivity index (χ1v) is 10.9. The number of allylic oxidation sites excluding steroid dienone is 1. The smallest absolute Gasteiger partial charge is 0.209 e. The second kappa shape index (κ2) is 7.36. The van der Waals surface area contributed by atoms with Gasteiger partial charge in [0.25, 0.3) is 0 Å². The number of para-hydroxylation sites is 1. The molecule has 0 unspecified atom stereocenters. The van der Waals surface area contributed by atoms with Gasteiger partial charge in [-0.3, -0.25) is 0 Å². The Kier molecular flexibility index (Phi) is 4.72. The normalized spacial score (nSPS) is 15.1. The molecule has 2 aliphatic rings. The Morgan fingerprint density at radius 2 is 1.41 bits per heavy atom. The van der Waals surface area contributed by atoms with E-state index in [1.807, 2.05) is 0 Å². The molecule has 158 valence electrons. The maximum Gasteiger partial charge on any atom is 0.209 e. The van der Waals surface area contributed by atoms with Crippen LogP contribution in [0.25, 0.3) is 33.0 Å². The van der Waals surface area contributed by atoms with Crippen molar-refractivity contribution >= 4 is 27.9 Å². The van der Waals surface area contributed by atoms with Gasteiger partial charge in [-0.05, 0) is 47.6 Å². The van der Waals surface area contributed by atoms with Crippen LogP contribution < -0.4 is 17.7 Å². The molecule has 0 amide bonds. The number of fused-ring (bicyclic) bond motifs is 4. The highest BCUT2D eigenvalue weighted by molar-refractivity contribution is 6.18. The Labute approximate surface area is 195 Å². The summed E-state index contributed by atoms with van der Waals surface area (Å²) in [6.45, 7) is 4.59. The van der Waals surface area contributed by atoms with E-state index in [0.29, 0.717) is 0 Å². The molecule has 1 aliphatic heterocycles. The second-order valence-corrected chi connectivity index (χ2v) is 9.00. The van der Waals surface area contributed by atoms with Gasteiger partial charge in [0.05, 0.1) is 5.41 Å². The van der Waals surface area contributed by atoms with E-state index >= 15 is 0 Å². The van der Waals surface area contributed by atoms with Crippen molar-refractivity contribution in [1.29, 1.82) is 0 Å². The van der Waals surface area contributed by atoms with Gasteiger partial charge >= 0.3 is 0 Å². The molecular formula is C29H25ClN2. The Hall–Kier alpha value is -3.36. The molecule has 0 saturated heterocycles. The largest absolute Gasteiger partial charge is 1.00 e. The number of benzene rings is 4. The third kappa shape index (κ3) is 2.76. The van der Waals surface area contributed by atoms with E-state index in [1.54, 1.807) is 0 Å². The molecule has 4 aromatic rings. The van der Waals surface area contributed by atoms with Crippen LogP contribution in [0.5, 0.6) is 0 Å². The van der Waals surface area contributed by atoms with Crippen LogP contribution in [0.2, 0.25) is 0 Å². The van der Waals surface area contributed by atoms with Gasteiger partial charge < -0.3 is 17.7 Å². The number of anilines is 1. The summed E-state index contributed by atoms with van der Waals surface area (Å²) >= 11 is 0. The highest BCUT2D eigenvalue weighted by Crippen LogP contribution is 2.48. The summed E-state index contributed by atoms with van der Waals surface area (Å²) in [7, 11) is 2.16. The van der Waals surface area contributed by atoms with Crippen molar-refractivity contribution in [2.75, 3.05) is 12.4 Å². The minimum Gasteiger partial charge on any atom is -1.00 e. The zero-order valence-corrected chi connectivity index (χ0v) is 19.2. The molecule has 4 aromatic carbocycles. The number of nitrogens with zero attached hydrogens (tertiary/aromatic N) is 1. The van der Waals surface area contributed by atoms with Gasteiger partial charge in [0.15, 0.2) is 5.71 Å². The number of halogens is 1. The highest BCUT2D eigenvalue weighted by Gasteiger charge is 2.42. The maximum atomic E-state index is 3.58. The van der Waals surface area contributed by atoms with E-state index in [0.717, 1.165) is 5.69 Å².